The molecule has 8 heavy (non-hydrogen) atoms. The molecular weight excluding hydrogens is 100 g/mol. The van der Waals surface area contributed by atoms with E-state index in [4.69, 9.17) is 0 Å². The Hall–Kier alpha value is -0.880. The Morgan fingerprint density at radius 3 is 3.00 bits per heavy atom. The molecule has 1 N–H and O–H groups in total. The third kappa shape index (κ3) is 0.849. The standard InChI is InChI=1S/C6H10N2/c1-6-3-4-7-5-8(6)2/h4,7H,5H2,1-2H3. The maximum Gasteiger partial charge on any atom is 0.0875 e. The molecule has 0 spiro atoms. The van der Waals surface area contributed by atoms with Gasteiger partial charge in [-0.3, -0.25) is 0 Å². The second kappa shape index (κ2) is 1.93. The molecule has 0 radical (unpaired) electrons. The van der Waals surface area contributed by atoms with Crippen molar-refractivity contribution in [3.63, 3.8) is 0 Å². The van der Waals surface area contributed by atoms with Crippen molar-refractivity contribution in [3.05, 3.63) is 17.6 Å². The fraction of sp³-hybridized carbons (Fsp3) is 0.500. The monoisotopic (exact) mass is 110 g/mol. The second-order valence-corrected chi connectivity index (χ2v) is 1.93. The van der Waals surface area contributed by atoms with Gasteiger partial charge in [-0.2, -0.15) is 0 Å². The van der Waals surface area contributed by atoms with Crippen LogP contribution in [-0.2, 0) is 0 Å². The molecule has 0 fully saturated rings. The van der Waals surface area contributed by atoms with Crippen LogP contribution in [0.3, 0.4) is 0 Å². The van der Waals surface area contributed by atoms with Crippen LogP contribution in [-0.4, -0.2) is 18.6 Å². The van der Waals surface area contributed by atoms with Crippen LogP contribution in [0.4, 0.5) is 0 Å². The summed E-state index contributed by atoms with van der Waals surface area (Å²) in [7, 11) is 2.03. The normalized spacial score (nSPS) is 17.8. The first-order chi connectivity index (χ1) is 3.80. The highest BCUT2D eigenvalue weighted by molar-refractivity contribution is 4.99. The topological polar surface area (TPSA) is 15.3 Å². The highest BCUT2D eigenvalue weighted by Crippen LogP contribution is 1.97. The number of nitrogens with one attached hydrogen (secondary N) is 1. The van der Waals surface area contributed by atoms with Gasteiger partial charge in [0.05, 0.1) is 12.4 Å². The van der Waals surface area contributed by atoms with Gasteiger partial charge in [-0.15, -0.1) is 0 Å². The molecule has 0 bridgehead atoms. The lowest BCUT2D eigenvalue weighted by atomic mass is 10.4. The first-order valence-electron chi connectivity index (χ1n) is 2.67. The molecule has 0 saturated heterocycles. The number of hydrogen-bond donors (Lipinski definition) is 1. The Bertz CT molecular complexity index is 143. The largest absolute Gasteiger partial charge is 0.367 e. The Kier molecular flexibility index (Phi) is 1.27. The van der Waals surface area contributed by atoms with Crippen molar-refractivity contribution in [1.82, 2.24) is 10.2 Å². The average molecular weight is 110 g/mol. The van der Waals surface area contributed by atoms with Crippen LogP contribution in [0.15, 0.2) is 17.6 Å². The Labute approximate surface area is 49.5 Å². The van der Waals surface area contributed by atoms with Crippen molar-refractivity contribution in [3.8, 4) is 0 Å². The summed E-state index contributed by atoms with van der Waals surface area (Å²) < 4.78 is 0. The molecule has 0 aliphatic carbocycles. The van der Waals surface area contributed by atoms with E-state index >= 15 is 0 Å². The van der Waals surface area contributed by atoms with E-state index in [1.165, 1.54) is 5.70 Å². The fourth-order valence-electron chi connectivity index (χ4n) is 0.567. The molecule has 44 valence electrons. The minimum Gasteiger partial charge on any atom is -0.367 e. The van der Waals surface area contributed by atoms with Gasteiger partial charge >= 0.3 is 0 Å². The highest BCUT2D eigenvalue weighted by Gasteiger charge is 1.96. The van der Waals surface area contributed by atoms with Gasteiger partial charge in [0.1, 0.15) is 0 Å². The summed E-state index contributed by atoms with van der Waals surface area (Å²) in [5.41, 5.74) is 4.22. The maximum absolute atomic E-state index is 3.04. The molecular formula is C6H10N2. The number of allylic oxidation sites excluding steroid dienone is 1. The molecule has 1 aliphatic rings. The molecule has 0 aromatic rings. The maximum atomic E-state index is 3.04. The van der Waals surface area contributed by atoms with Gasteiger partial charge in [0.25, 0.3) is 0 Å². The Morgan fingerprint density at radius 2 is 2.62 bits per heavy atom. The first-order valence-corrected chi connectivity index (χ1v) is 2.67. The van der Waals surface area contributed by atoms with Gasteiger partial charge in [-0.25, -0.2) is 0 Å². The van der Waals surface area contributed by atoms with Gasteiger partial charge in [0, 0.05) is 13.2 Å². The van der Waals surface area contributed by atoms with Gasteiger partial charge in [-0.05, 0) is 6.92 Å². The van der Waals surface area contributed by atoms with Gasteiger partial charge in [0.15, 0.2) is 0 Å². The molecule has 0 aromatic heterocycles. The molecule has 0 atom stereocenters. The third-order valence-electron chi connectivity index (χ3n) is 1.28. The SMILES string of the molecule is CC1=C=CNCN1C. The Morgan fingerprint density at radius 1 is 1.88 bits per heavy atom. The van der Waals surface area contributed by atoms with E-state index in [0.717, 1.165) is 6.67 Å². The van der Waals surface area contributed by atoms with Crippen molar-refractivity contribution in [2.24, 2.45) is 0 Å². The number of hydrogen-bond acceptors (Lipinski definition) is 2. The highest BCUT2D eigenvalue weighted by atomic mass is 15.2. The molecule has 2 heteroatoms. The van der Waals surface area contributed by atoms with Crippen molar-refractivity contribution in [2.75, 3.05) is 13.7 Å². The minimum absolute atomic E-state index is 0.902. The molecule has 2 nitrogen and oxygen atoms in total. The van der Waals surface area contributed by atoms with Gasteiger partial charge < -0.3 is 10.2 Å². The number of nitrogens with zero attached hydrogens (tertiary/aromatic N) is 1. The predicted molar refractivity (Wildman–Crippen MR) is 33.0 cm³/mol. The fourth-order valence-corrected chi connectivity index (χ4v) is 0.567. The molecule has 1 aliphatic heterocycles. The van der Waals surface area contributed by atoms with Crippen LogP contribution >= 0.6 is 0 Å². The molecule has 1 heterocycles. The lowest BCUT2D eigenvalue weighted by molar-refractivity contribution is 0.394. The van der Waals surface area contributed by atoms with E-state index in [1.54, 1.807) is 0 Å². The number of rotatable bonds is 0. The van der Waals surface area contributed by atoms with Crippen LogP contribution < -0.4 is 5.32 Å². The second-order valence-electron chi connectivity index (χ2n) is 1.93. The summed E-state index contributed by atoms with van der Waals surface area (Å²) in [6, 6.07) is 0. The van der Waals surface area contributed by atoms with Crippen molar-refractivity contribution >= 4 is 0 Å². The van der Waals surface area contributed by atoms with Crippen LogP contribution in [0.1, 0.15) is 6.92 Å². The molecule has 0 unspecified atom stereocenters. The molecule has 1 rings (SSSR count). The van der Waals surface area contributed by atoms with E-state index in [9.17, 15) is 0 Å². The summed E-state index contributed by atoms with van der Waals surface area (Å²) in [5, 5.41) is 3.03. The molecule has 0 saturated carbocycles. The summed E-state index contributed by atoms with van der Waals surface area (Å²) in [6.07, 6.45) is 1.84. The minimum atomic E-state index is 0.902. The zero-order valence-electron chi connectivity index (χ0n) is 5.23. The Balaban J connectivity index is 2.75. The lowest BCUT2D eigenvalue weighted by Crippen LogP contribution is -2.28. The van der Waals surface area contributed by atoms with Crippen molar-refractivity contribution in [1.29, 1.82) is 0 Å². The molecule has 0 amide bonds. The zero-order valence-corrected chi connectivity index (χ0v) is 5.23. The van der Waals surface area contributed by atoms with E-state index in [-0.39, 0.29) is 0 Å². The lowest BCUT2D eigenvalue weighted by Gasteiger charge is -2.20. The van der Waals surface area contributed by atoms with Gasteiger partial charge in [0.2, 0.25) is 0 Å². The van der Waals surface area contributed by atoms with Crippen LogP contribution in [0.5, 0.6) is 0 Å². The van der Waals surface area contributed by atoms with E-state index in [2.05, 4.69) is 15.9 Å². The zero-order chi connectivity index (χ0) is 5.98. The summed E-state index contributed by atoms with van der Waals surface area (Å²) >= 11 is 0. The average Bonchev–Trinajstić information content (AvgIpc) is 1.77. The van der Waals surface area contributed by atoms with E-state index in [1.807, 2.05) is 20.2 Å². The van der Waals surface area contributed by atoms with Crippen LogP contribution in [0.25, 0.3) is 0 Å². The quantitative estimate of drug-likeness (QED) is 0.457. The van der Waals surface area contributed by atoms with Crippen LogP contribution in [0, 0.1) is 0 Å². The predicted octanol–water partition coefficient (Wildman–Crippen LogP) is 0.495. The summed E-state index contributed by atoms with van der Waals surface area (Å²) in [4.78, 5) is 2.10. The van der Waals surface area contributed by atoms with Gasteiger partial charge in [-0.1, -0.05) is 5.73 Å². The van der Waals surface area contributed by atoms with Crippen molar-refractivity contribution < 1.29 is 0 Å². The van der Waals surface area contributed by atoms with E-state index < -0.39 is 0 Å². The first kappa shape index (κ1) is 5.26. The van der Waals surface area contributed by atoms with Crippen LogP contribution in [0.2, 0.25) is 0 Å². The molecule has 0 aromatic carbocycles. The summed E-state index contributed by atoms with van der Waals surface area (Å²) in [6.45, 7) is 2.94. The van der Waals surface area contributed by atoms with E-state index in [0.29, 0.717) is 0 Å². The summed E-state index contributed by atoms with van der Waals surface area (Å²) in [5.74, 6) is 0. The third-order valence-corrected chi connectivity index (χ3v) is 1.28. The van der Waals surface area contributed by atoms with Crippen molar-refractivity contribution in [2.45, 2.75) is 6.92 Å². The smallest absolute Gasteiger partial charge is 0.0875 e.